The van der Waals surface area contributed by atoms with Crippen molar-refractivity contribution in [1.29, 1.82) is 5.26 Å². The SMILES string of the molecule is CN(C(=O)O[C@]1(C)CC[C@H](C)CC1)[C@@H]1CN(C(=O)C2CCN(c3ccc(C#N)cn3)CC2)C[C@H]1c1ccc(Cl)cc1. The van der Waals surface area contributed by atoms with Gasteiger partial charge < -0.3 is 19.4 Å². The van der Waals surface area contributed by atoms with E-state index < -0.39 is 5.60 Å². The van der Waals surface area contributed by atoms with Gasteiger partial charge in [0, 0.05) is 56.3 Å². The third kappa shape index (κ3) is 6.62. The third-order valence-corrected chi connectivity index (χ3v) is 9.65. The van der Waals surface area contributed by atoms with Crippen LogP contribution in [0.2, 0.25) is 5.02 Å². The Hall–Kier alpha value is -3.31. The fraction of sp³-hybridized carbons (Fsp3) is 0.562. The molecule has 2 aromatic rings. The fourth-order valence-electron chi connectivity index (χ4n) is 6.54. The Morgan fingerprint density at radius 2 is 1.76 bits per heavy atom. The number of likely N-dealkylation sites (tertiary alicyclic amines) is 1. The van der Waals surface area contributed by atoms with Gasteiger partial charge in [-0.25, -0.2) is 9.78 Å². The maximum absolute atomic E-state index is 13.8. The van der Waals surface area contributed by atoms with Crippen molar-refractivity contribution in [2.24, 2.45) is 11.8 Å². The first-order chi connectivity index (χ1) is 19.7. The summed E-state index contributed by atoms with van der Waals surface area (Å²) in [6, 6.07) is 13.3. The molecule has 2 saturated heterocycles. The van der Waals surface area contributed by atoms with E-state index in [-0.39, 0.29) is 29.9 Å². The van der Waals surface area contributed by atoms with Crippen LogP contribution in [0.3, 0.4) is 0 Å². The topological polar surface area (TPSA) is 89.8 Å². The Balaban J connectivity index is 1.26. The molecule has 1 aromatic carbocycles. The van der Waals surface area contributed by atoms with Gasteiger partial charge in [-0.3, -0.25) is 4.79 Å². The van der Waals surface area contributed by atoms with Gasteiger partial charge in [-0.05, 0) is 81.2 Å². The van der Waals surface area contributed by atoms with E-state index in [4.69, 9.17) is 21.6 Å². The van der Waals surface area contributed by atoms with Crippen LogP contribution in [0.1, 0.15) is 69.4 Å². The summed E-state index contributed by atoms with van der Waals surface area (Å²) >= 11 is 6.18. The molecule has 3 aliphatic rings. The van der Waals surface area contributed by atoms with E-state index in [1.165, 1.54) is 0 Å². The summed E-state index contributed by atoms with van der Waals surface area (Å²) in [5.41, 5.74) is 1.15. The fourth-order valence-corrected chi connectivity index (χ4v) is 6.67. The number of hydrogen-bond donors (Lipinski definition) is 0. The number of carbonyl (C=O) groups is 2. The molecule has 0 unspecified atom stereocenters. The second-order valence-electron chi connectivity index (χ2n) is 12.4. The van der Waals surface area contributed by atoms with Crippen molar-refractivity contribution in [1.82, 2.24) is 14.8 Å². The highest BCUT2D eigenvalue weighted by atomic mass is 35.5. The minimum atomic E-state index is -0.445. The average Bonchev–Trinajstić information content (AvgIpc) is 3.44. The zero-order valence-corrected chi connectivity index (χ0v) is 25.0. The number of hydrogen-bond acceptors (Lipinski definition) is 6. The highest BCUT2D eigenvalue weighted by molar-refractivity contribution is 6.30. The molecule has 0 N–H and O–H groups in total. The first kappa shape index (κ1) is 29.2. The van der Waals surface area contributed by atoms with Gasteiger partial charge in [-0.2, -0.15) is 5.26 Å². The lowest BCUT2D eigenvalue weighted by molar-refractivity contribution is -0.135. The van der Waals surface area contributed by atoms with Crippen LogP contribution in [0.4, 0.5) is 10.6 Å². The number of carbonyl (C=O) groups excluding carboxylic acids is 2. The number of nitrogens with zero attached hydrogens (tertiary/aromatic N) is 5. The minimum Gasteiger partial charge on any atom is -0.443 e. The monoisotopic (exact) mass is 577 g/mol. The van der Waals surface area contributed by atoms with Crippen molar-refractivity contribution in [3.8, 4) is 6.07 Å². The molecule has 8 nitrogen and oxygen atoms in total. The normalized spacial score (nSPS) is 26.9. The van der Waals surface area contributed by atoms with Crippen molar-refractivity contribution >= 4 is 29.4 Å². The number of aromatic nitrogens is 1. The average molecular weight is 578 g/mol. The molecule has 5 rings (SSSR count). The van der Waals surface area contributed by atoms with Gasteiger partial charge in [-0.15, -0.1) is 0 Å². The lowest BCUT2D eigenvalue weighted by atomic mass is 9.81. The van der Waals surface area contributed by atoms with Gasteiger partial charge in [0.15, 0.2) is 0 Å². The third-order valence-electron chi connectivity index (χ3n) is 9.40. The van der Waals surface area contributed by atoms with Crippen LogP contribution < -0.4 is 4.90 Å². The number of rotatable bonds is 5. The molecule has 0 spiro atoms. The highest BCUT2D eigenvalue weighted by Crippen LogP contribution is 2.37. The van der Waals surface area contributed by atoms with E-state index in [1.54, 1.807) is 17.2 Å². The largest absolute Gasteiger partial charge is 0.443 e. The van der Waals surface area contributed by atoms with E-state index in [0.29, 0.717) is 29.6 Å². The molecule has 0 radical (unpaired) electrons. The van der Waals surface area contributed by atoms with Gasteiger partial charge in [-0.1, -0.05) is 30.7 Å². The smallest absolute Gasteiger partial charge is 0.410 e. The van der Waals surface area contributed by atoms with Crippen molar-refractivity contribution in [2.75, 3.05) is 38.1 Å². The second kappa shape index (κ2) is 12.3. The van der Waals surface area contributed by atoms with Crippen molar-refractivity contribution in [3.63, 3.8) is 0 Å². The minimum absolute atomic E-state index is 0.0316. The molecule has 1 saturated carbocycles. The summed E-state index contributed by atoms with van der Waals surface area (Å²) in [4.78, 5) is 37.5. The van der Waals surface area contributed by atoms with Crippen LogP contribution in [-0.2, 0) is 9.53 Å². The van der Waals surface area contributed by atoms with Gasteiger partial charge in [0.25, 0.3) is 0 Å². The molecule has 2 amide bonds. The van der Waals surface area contributed by atoms with Crippen LogP contribution in [-0.4, -0.2) is 71.7 Å². The molecule has 41 heavy (non-hydrogen) atoms. The number of amides is 2. The lowest BCUT2D eigenvalue weighted by Crippen LogP contribution is -2.47. The Kier molecular flexibility index (Phi) is 8.74. The van der Waals surface area contributed by atoms with Gasteiger partial charge in [0.1, 0.15) is 17.5 Å². The molecule has 2 atom stereocenters. The van der Waals surface area contributed by atoms with Crippen molar-refractivity contribution in [3.05, 3.63) is 58.7 Å². The van der Waals surface area contributed by atoms with E-state index >= 15 is 0 Å². The Morgan fingerprint density at radius 3 is 2.37 bits per heavy atom. The molecular weight excluding hydrogens is 538 g/mol. The molecule has 0 bridgehead atoms. The zero-order valence-electron chi connectivity index (χ0n) is 24.3. The Bertz CT molecular complexity index is 1260. The summed E-state index contributed by atoms with van der Waals surface area (Å²) < 4.78 is 6.12. The number of likely N-dealkylation sites (N-methyl/N-ethyl adjacent to an activating group) is 1. The Morgan fingerprint density at radius 1 is 1.07 bits per heavy atom. The number of ether oxygens (including phenoxy) is 1. The summed E-state index contributed by atoms with van der Waals surface area (Å²) in [6.45, 7) is 6.79. The zero-order chi connectivity index (χ0) is 29.1. The molecule has 1 aromatic heterocycles. The van der Waals surface area contributed by atoms with Crippen LogP contribution in [0.5, 0.6) is 0 Å². The van der Waals surface area contributed by atoms with Gasteiger partial charge in [0.2, 0.25) is 5.91 Å². The Labute approximate surface area is 248 Å². The highest BCUT2D eigenvalue weighted by Gasteiger charge is 2.44. The van der Waals surface area contributed by atoms with E-state index in [9.17, 15) is 9.59 Å². The van der Waals surface area contributed by atoms with Crippen molar-refractivity contribution < 1.29 is 14.3 Å². The molecule has 1 aliphatic carbocycles. The second-order valence-corrected chi connectivity index (χ2v) is 12.8. The van der Waals surface area contributed by atoms with Crippen LogP contribution in [0, 0.1) is 23.2 Å². The number of benzene rings is 1. The maximum atomic E-state index is 13.8. The summed E-state index contributed by atoms with van der Waals surface area (Å²) in [7, 11) is 1.81. The number of anilines is 1. The number of nitriles is 1. The maximum Gasteiger partial charge on any atom is 0.410 e. The van der Waals surface area contributed by atoms with Crippen LogP contribution in [0.25, 0.3) is 0 Å². The standard InChI is InChI=1S/C32H40ClN5O3/c1-22-10-14-32(2,15-11-22)41-31(40)36(3)28-21-38(20-27(28)24-5-7-26(33)8-6-24)30(39)25-12-16-37(17-13-25)29-9-4-23(18-34)19-35-29/h4-9,19,22,25,27-28H,10-17,20-21H2,1-3H3/t22-,27-,28+,32+/m0/s1. The quantitative estimate of drug-likeness (QED) is 0.442. The number of halogens is 1. The molecule has 3 fully saturated rings. The van der Waals surface area contributed by atoms with E-state index in [1.807, 2.05) is 49.2 Å². The van der Waals surface area contributed by atoms with E-state index in [0.717, 1.165) is 63.0 Å². The summed E-state index contributed by atoms with van der Waals surface area (Å²) in [5, 5.41) is 9.70. The van der Waals surface area contributed by atoms with Gasteiger partial charge in [0.05, 0.1) is 11.6 Å². The van der Waals surface area contributed by atoms with Gasteiger partial charge >= 0.3 is 6.09 Å². The first-order valence-corrected chi connectivity index (χ1v) is 15.1. The first-order valence-electron chi connectivity index (χ1n) is 14.8. The number of pyridine rings is 1. The van der Waals surface area contributed by atoms with Crippen LogP contribution in [0.15, 0.2) is 42.6 Å². The molecule has 2 aliphatic heterocycles. The summed E-state index contributed by atoms with van der Waals surface area (Å²) in [6.07, 6.45) is 6.62. The molecule has 3 heterocycles. The van der Waals surface area contributed by atoms with E-state index in [2.05, 4.69) is 22.9 Å². The molecule has 218 valence electrons. The number of piperidine rings is 1. The molecular formula is C32H40ClN5O3. The molecule has 9 heteroatoms. The van der Waals surface area contributed by atoms with Crippen LogP contribution >= 0.6 is 11.6 Å². The summed E-state index contributed by atoms with van der Waals surface area (Å²) in [5.74, 6) is 1.54. The predicted molar refractivity (Wildman–Crippen MR) is 159 cm³/mol. The predicted octanol–water partition coefficient (Wildman–Crippen LogP) is 5.85. The lowest BCUT2D eigenvalue weighted by Gasteiger charge is -2.38. The van der Waals surface area contributed by atoms with Crippen molar-refractivity contribution in [2.45, 2.75) is 69.9 Å².